The molecule has 0 bridgehead atoms. The van der Waals surface area contributed by atoms with Gasteiger partial charge in [0.1, 0.15) is 0 Å². The second kappa shape index (κ2) is 14.4. The van der Waals surface area contributed by atoms with E-state index < -0.39 is 15.6 Å². The second-order valence-electron chi connectivity index (χ2n) is 0.937. The molecular weight excluding hydrogens is 359 g/mol. The van der Waals surface area contributed by atoms with Crippen LogP contribution in [0.4, 0.5) is 0 Å². The SMILES string of the molecule is O=P([O-])([O-])O.O=P([O-])([O-])O.[K+].[K+].[Zr+2]. The summed E-state index contributed by atoms with van der Waals surface area (Å²) in [5.74, 6) is 0. The van der Waals surface area contributed by atoms with Crippen LogP contribution in [-0.2, 0) is 35.3 Å². The van der Waals surface area contributed by atoms with Gasteiger partial charge in [0, 0.05) is 0 Å². The van der Waals surface area contributed by atoms with Crippen LogP contribution in [-0.4, -0.2) is 9.79 Å². The first-order valence-electron chi connectivity index (χ1n) is 1.50. The Balaban J connectivity index is -0.0000000267. The van der Waals surface area contributed by atoms with E-state index >= 15 is 0 Å². The van der Waals surface area contributed by atoms with E-state index in [1.807, 2.05) is 0 Å². The van der Waals surface area contributed by atoms with Crippen molar-refractivity contribution in [3.63, 3.8) is 0 Å². The number of rotatable bonds is 0. The summed E-state index contributed by atoms with van der Waals surface area (Å²) in [7, 11) is -10.3. The smallest absolute Gasteiger partial charge is 0.790 e. The first-order chi connectivity index (χ1) is 4.00. The fourth-order valence-corrected chi connectivity index (χ4v) is 0. The Morgan fingerprint density at radius 2 is 0.769 bits per heavy atom. The van der Waals surface area contributed by atoms with E-state index in [0.29, 0.717) is 0 Å². The zero-order valence-corrected chi connectivity index (χ0v) is 17.2. The molecule has 13 heteroatoms. The van der Waals surface area contributed by atoms with Crippen LogP contribution in [0.2, 0.25) is 0 Å². The first kappa shape index (κ1) is 30.4. The largest absolute Gasteiger partial charge is 2.00 e. The molecule has 8 nitrogen and oxygen atoms in total. The van der Waals surface area contributed by atoms with Crippen LogP contribution in [0.1, 0.15) is 0 Å². The van der Waals surface area contributed by atoms with Gasteiger partial charge in [0.25, 0.3) is 0 Å². The fourth-order valence-electron chi connectivity index (χ4n) is 0. The molecule has 0 aliphatic heterocycles. The van der Waals surface area contributed by atoms with Gasteiger partial charge in [-0.25, -0.2) is 0 Å². The molecule has 0 radical (unpaired) electrons. The number of hydrogen-bond acceptors (Lipinski definition) is 6. The first-order valence-corrected chi connectivity index (χ1v) is 4.49. The van der Waals surface area contributed by atoms with Gasteiger partial charge in [0.2, 0.25) is 0 Å². The Kier molecular flexibility index (Phi) is 33.8. The van der Waals surface area contributed by atoms with Gasteiger partial charge in [-0.15, -0.1) is 0 Å². The Bertz CT molecular complexity index is 132. The van der Waals surface area contributed by atoms with E-state index in [2.05, 4.69) is 0 Å². The molecule has 0 amide bonds. The average molecular weight is 361 g/mol. The van der Waals surface area contributed by atoms with Gasteiger partial charge in [-0.3, -0.25) is 0 Å². The van der Waals surface area contributed by atoms with Gasteiger partial charge in [-0.1, -0.05) is 0 Å². The molecule has 0 aliphatic rings. The molecule has 0 fully saturated rings. The summed E-state index contributed by atoms with van der Waals surface area (Å²) in [6, 6.07) is 0. The Hall–Kier alpha value is 4.38. The Labute approximate surface area is 178 Å². The van der Waals surface area contributed by atoms with Crippen molar-refractivity contribution >= 4 is 15.6 Å². The minimum absolute atomic E-state index is 0. The molecule has 0 spiro atoms. The normalized spacial score (nSPS) is 9.08. The van der Waals surface area contributed by atoms with Crippen LogP contribution < -0.4 is 122 Å². The van der Waals surface area contributed by atoms with Crippen molar-refractivity contribution in [2.24, 2.45) is 0 Å². The zero-order valence-electron chi connectivity index (χ0n) is 6.74. The summed E-state index contributed by atoms with van der Waals surface area (Å²) in [4.78, 5) is 48.6. The van der Waals surface area contributed by atoms with E-state index in [1.54, 1.807) is 0 Å². The van der Waals surface area contributed by atoms with Gasteiger partial charge in [-0.2, -0.15) is 0 Å². The van der Waals surface area contributed by atoms with Crippen molar-refractivity contribution in [3.05, 3.63) is 0 Å². The van der Waals surface area contributed by atoms with E-state index in [0.717, 1.165) is 0 Å². The summed E-state index contributed by atoms with van der Waals surface area (Å²) in [6.07, 6.45) is 0. The third kappa shape index (κ3) is 177. The summed E-state index contributed by atoms with van der Waals surface area (Å²) in [6.45, 7) is 0. The van der Waals surface area contributed by atoms with E-state index in [1.165, 1.54) is 0 Å². The second-order valence-corrected chi connectivity index (χ2v) is 2.81. The van der Waals surface area contributed by atoms with Gasteiger partial charge < -0.3 is 38.5 Å². The van der Waals surface area contributed by atoms with Crippen molar-refractivity contribution in [1.82, 2.24) is 0 Å². The number of phosphoric acid groups is 2. The van der Waals surface area contributed by atoms with Crippen LogP contribution in [0.3, 0.4) is 0 Å². The van der Waals surface area contributed by atoms with Crippen molar-refractivity contribution in [2.75, 3.05) is 0 Å². The van der Waals surface area contributed by atoms with Crippen molar-refractivity contribution < 1.29 is 167 Å². The fraction of sp³-hybridized carbons (Fsp3) is 0. The molecule has 66 valence electrons. The molecule has 0 saturated carbocycles. The van der Waals surface area contributed by atoms with Gasteiger partial charge >= 0.3 is 129 Å². The average Bonchev–Trinajstić information content (AvgIpc) is 1.12. The molecule has 13 heavy (non-hydrogen) atoms. The van der Waals surface area contributed by atoms with Crippen LogP contribution in [0.5, 0.6) is 0 Å². The monoisotopic (exact) mass is 360 g/mol. The van der Waals surface area contributed by atoms with E-state index in [4.69, 9.17) is 38.5 Å². The van der Waals surface area contributed by atoms with E-state index in [9.17, 15) is 0 Å². The molecule has 0 unspecified atom stereocenters. The molecule has 2 N–H and O–H groups in total. The maximum absolute atomic E-state index is 8.66. The van der Waals surface area contributed by atoms with Crippen LogP contribution in [0.25, 0.3) is 0 Å². The number of hydrogen-bond donors (Lipinski definition) is 2. The molecule has 0 aromatic heterocycles. The van der Waals surface area contributed by atoms with Crippen LogP contribution >= 0.6 is 15.6 Å². The third-order valence-corrected chi connectivity index (χ3v) is 0. The van der Waals surface area contributed by atoms with Crippen molar-refractivity contribution in [3.8, 4) is 0 Å². The molecule has 0 aliphatic carbocycles. The summed E-state index contributed by atoms with van der Waals surface area (Å²) < 4.78 is 17.3. The zero-order chi connectivity index (χ0) is 9.00. The van der Waals surface area contributed by atoms with E-state index in [-0.39, 0.29) is 129 Å². The molecule has 0 saturated heterocycles. The Morgan fingerprint density at radius 3 is 0.769 bits per heavy atom. The molecule has 0 heterocycles. The predicted octanol–water partition coefficient (Wildman–Crippen LogP) is -10.4. The Morgan fingerprint density at radius 1 is 0.769 bits per heavy atom. The maximum atomic E-state index is 8.66. The van der Waals surface area contributed by atoms with Crippen molar-refractivity contribution in [2.45, 2.75) is 0 Å². The summed E-state index contributed by atoms with van der Waals surface area (Å²) in [5.41, 5.74) is 0. The minimum atomic E-state index is -5.14. The van der Waals surface area contributed by atoms with Gasteiger partial charge in [0.05, 0.1) is 15.6 Å². The molecule has 0 aromatic rings. The van der Waals surface area contributed by atoms with Crippen LogP contribution in [0, 0.1) is 0 Å². The standard InChI is InChI=1S/2K.2H3O4P.Zr/c;;2*1-5(2,3)4;/h;;2*(H3,1,2,3,4);/q2*+1;;;+2/p-4. The summed E-state index contributed by atoms with van der Waals surface area (Å²) >= 11 is 0. The summed E-state index contributed by atoms with van der Waals surface area (Å²) in [5, 5.41) is 0. The van der Waals surface area contributed by atoms with Crippen molar-refractivity contribution in [1.29, 1.82) is 0 Å². The van der Waals surface area contributed by atoms with Gasteiger partial charge in [-0.05, 0) is 0 Å². The minimum Gasteiger partial charge on any atom is -0.790 e. The molecular formula is H2K2O8P2Zr. The predicted molar refractivity (Wildman–Crippen MR) is 19.7 cm³/mol. The van der Waals surface area contributed by atoms with Gasteiger partial charge in [0.15, 0.2) is 0 Å². The molecule has 0 aromatic carbocycles. The topological polar surface area (TPSA) is 167 Å². The maximum Gasteiger partial charge on any atom is 2.00 e. The quantitative estimate of drug-likeness (QED) is 0.317. The third-order valence-electron chi connectivity index (χ3n) is 0. The molecule has 0 rings (SSSR count). The van der Waals surface area contributed by atoms with Crippen LogP contribution in [0.15, 0.2) is 0 Å². The molecule has 0 atom stereocenters.